The van der Waals surface area contributed by atoms with Gasteiger partial charge in [-0.05, 0) is 37.0 Å². The van der Waals surface area contributed by atoms with Crippen LogP contribution in [0.1, 0.15) is 26.3 Å². The Morgan fingerprint density at radius 1 is 0.935 bits per heavy atom. The summed E-state index contributed by atoms with van der Waals surface area (Å²) in [6.45, 7) is 3.86. The van der Waals surface area contributed by atoms with Crippen LogP contribution in [-0.4, -0.2) is 69.8 Å². The number of benzene rings is 1. The molecule has 31 heavy (non-hydrogen) atoms. The first-order valence-electron chi connectivity index (χ1n) is 9.74. The predicted molar refractivity (Wildman–Crippen MR) is 111 cm³/mol. The van der Waals surface area contributed by atoms with Crippen LogP contribution < -0.4 is 21.7 Å². The summed E-state index contributed by atoms with van der Waals surface area (Å²) >= 11 is 0. The van der Waals surface area contributed by atoms with E-state index in [1.54, 1.807) is 26.0 Å². The van der Waals surface area contributed by atoms with E-state index in [0.29, 0.717) is 5.56 Å². The molecule has 1 rings (SSSR count). The summed E-state index contributed by atoms with van der Waals surface area (Å²) in [4.78, 5) is 48.0. The van der Waals surface area contributed by atoms with Crippen molar-refractivity contribution in [1.29, 1.82) is 0 Å². The topological polar surface area (TPSA) is 191 Å². The highest BCUT2D eigenvalue weighted by Crippen LogP contribution is 2.11. The molecule has 0 aliphatic rings. The fraction of sp³-hybridized carbons (Fsp3) is 0.500. The molecule has 3 amide bonds. The lowest BCUT2D eigenvalue weighted by atomic mass is 10.0. The molecule has 0 radical (unpaired) electrons. The van der Waals surface area contributed by atoms with Gasteiger partial charge in [0.15, 0.2) is 0 Å². The quantitative estimate of drug-likeness (QED) is 0.216. The van der Waals surface area contributed by atoms with E-state index in [9.17, 15) is 29.4 Å². The van der Waals surface area contributed by atoms with E-state index in [4.69, 9.17) is 10.8 Å². The molecule has 0 spiro atoms. The van der Waals surface area contributed by atoms with Crippen LogP contribution in [0.5, 0.6) is 5.75 Å². The summed E-state index contributed by atoms with van der Waals surface area (Å²) in [5.74, 6) is -3.74. The van der Waals surface area contributed by atoms with Gasteiger partial charge in [0.1, 0.15) is 23.9 Å². The van der Waals surface area contributed by atoms with E-state index in [0.717, 1.165) is 0 Å². The van der Waals surface area contributed by atoms with Gasteiger partial charge in [0.05, 0.1) is 12.6 Å². The van der Waals surface area contributed by atoms with Crippen LogP contribution in [0.3, 0.4) is 0 Å². The Bertz CT molecular complexity index is 782. The van der Waals surface area contributed by atoms with Crippen LogP contribution in [0, 0.1) is 5.92 Å². The number of amides is 3. The summed E-state index contributed by atoms with van der Waals surface area (Å²) < 4.78 is 0. The molecule has 11 heteroatoms. The summed E-state index contributed by atoms with van der Waals surface area (Å²) in [7, 11) is 0. The average Bonchev–Trinajstić information content (AvgIpc) is 2.70. The Labute approximate surface area is 180 Å². The predicted octanol–water partition coefficient (Wildman–Crippen LogP) is -1.53. The Kier molecular flexibility index (Phi) is 9.90. The van der Waals surface area contributed by atoms with Crippen molar-refractivity contribution in [2.75, 3.05) is 6.61 Å². The molecule has 0 heterocycles. The summed E-state index contributed by atoms with van der Waals surface area (Å²) in [6, 6.07) is 1.49. The molecule has 4 unspecified atom stereocenters. The molecule has 1 aromatic carbocycles. The number of aliphatic hydroxyl groups is 1. The van der Waals surface area contributed by atoms with Crippen LogP contribution in [0.25, 0.3) is 0 Å². The normalized spacial score (nSPS) is 14.8. The summed E-state index contributed by atoms with van der Waals surface area (Å²) in [5.41, 5.74) is 6.53. The van der Waals surface area contributed by atoms with Crippen molar-refractivity contribution in [3.05, 3.63) is 29.8 Å². The van der Waals surface area contributed by atoms with E-state index < -0.39 is 54.5 Å². The fourth-order valence-corrected chi connectivity index (χ4v) is 2.62. The second-order valence-corrected chi connectivity index (χ2v) is 7.52. The monoisotopic (exact) mass is 438 g/mol. The highest BCUT2D eigenvalue weighted by molar-refractivity contribution is 5.94. The Balaban J connectivity index is 2.64. The van der Waals surface area contributed by atoms with E-state index in [2.05, 4.69) is 16.0 Å². The van der Waals surface area contributed by atoms with Gasteiger partial charge in [0.2, 0.25) is 17.7 Å². The van der Waals surface area contributed by atoms with Gasteiger partial charge in [0.25, 0.3) is 0 Å². The molecule has 11 nitrogen and oxygen atoms in total. The third kappa shape index (κ3) is 8.22. The number of nitrogens with two attached hydrogens (primary N) is 1. The number of aliphatic carboxylic acids is 1. The maximum Gasteiger partial charge on any atom is 0.326 e. The van der Waals surface area contributed by atoms with Crippen molar-refractivity contribution in [2.45, 2.75) is 51.4 Å². The molecule has 8 N–H and O–H groups in total. The SMILES string of the molecule is CC(NC(=O)C(CO)NC(=O)C(N)Cc1ccc(O)cc1)C(=O)NC(C(=O)O)C(C)C. The minimum atomic E-state index is -1.35. The number of aliphatic hydroxyl groups excluding tert-OH is 1. The van der Waals surface area contributed by atoms with Crippen LogP contribution in [0.15, 0.2) is 24.3 Å². The zero-order chi connectivity index (χ0) is 23.7. The standard InChI is InChI=1S/C20H30N4O7/c1-10(2)16(20(30)31)24-17(27)11(3)22-19(29)15(9-25)23-18(28)14(21)8-12-4-6-13(26)7-5-12/h4-7,10-11,14-16,25-26H,8-9,21H2,1-3H3,(H,22,29)(H,23,28)(H,24,27)(H,30,31). The number of rotatable bonds is 11. The maximum absolute atomic E-state index is 12.3. The zero-order valence-corrected chi connectivity index (χ0v) is 17.7. The fourth-order valence-electron chi connectivity index (χ4n) is 2.62. The van der Waals surface area contributed by atoms with E-state index in [1.165, 1.54) is 19.1 Å². The Hall–Kier alpha value is -3.18. The number of carbonyl (C=O) groups is 4. The first-order valence-corrected chi connectivity index (χ1v) is 9.74. The first kappa shape index (κ1) is 25.9. The number of aromatic hydroxyl groups is 1. The smallest absolute Gasteiger partial charge is 0.326 e. The van der Waals surface area contributed by atoms with Gasteiger partial charge in [-0.3, -0.25) is 14.4 Å². The minimum absolute atomic E-state index is 0.0695. The molecule has 0 aliphatic carbocycles. The second-order valence-electron chi connectivity index (χ2n) is 7.52. The molecule has 0 aromatic heterocycles. The van der Waals surface area contributed by atoms with Gasteiger partial charge in [-0.2, -0.15) is 0 Å². The summed E-state index contributed by atoms with van der Waals surface area (Å²) in [5, 5.41) is 34.9. The average molecular weight is 438 g/mol. The van der Waals surface area contributed by atoms with Crippen molar-refractivity contribution >= 4 is 23.7 Å². The van der Waals surface area contributed by atoms with Crippen molar-refractivity contribution in [1.82, 2.24) is 16.0 Å². The van der Waals surface area contributed by atoms with Crippen LogP contribution in [0.2, 0.25) is 0 Å². The van der Waals surface area contributed by atoms with Gasteiger partial charge in [-0.25, -0.2) is 4.79 Å². The summed E-state index contributed by atoms with van der Waals surface area (Å²) in [6.07, 6.45) is 0.135. The van der Waals surface area contributed by atoms with Crippen LogP contribution in [0.4, 0.5) is 0 Å². The molecule has 172 valence electrons. The molecule has 0 aliphatic heterocycles. The molecule has 0 fully saturated rings. The molecule has 0 bridgehead atoms. The lowest BCUT2D eigenvalue weighted by Gasteiger charge is -2.23. The number of carbonyl (C=O) groups excluding carboxylic acids is 3. The molecule has 4 atom stereocenters. The number of carboxylic acid groups (broad SMARTS) is 1. The Morgan fingerprint density at radius 2 is 1.52 bits per heavy atom. The van der Waals surface area contributed by atoms with E-state index in [-0.39, 0.29) is 18.1 Å². The number of hydrogen-bond donors (Lipinski definition) is 7. The van der Waals surface area contributed by atoms with Crippen molar-refractivity contribution < 1.29 is 34.5 Å². The van der Waals surface area contributed by atoms with Crippen molar-refractivity contribution in [2.24, 2.45) is 11.7 Å². The number of nitrogens with one attached hydrogen (secondary N) is 3. The Morgan fingerprint density at radius 3 is 2.00 bits per heavy atom. The van der Waals surface area contributed by atoms with Crippen LogP contribution >= 0.6 is 0 Å². The first-order chi connectivity index (χ1) is 14.5. The molecular weight excluding hydrogens is 408 g/mol. The van der Waals surface area contributed by atoms with Gasteiger partial charge in [-0.15, -0.1) is 0 Å². The lowest BCUT2D eigenvalue weighted by Crippen LogP contribution is -2.57. The minimum Gasteiger partial charge on any atom is -0.508 e. The van der Waals surface area contributed by atoms with Gasteiger partial charge in [0, 0.05) is 0 Å². The largest absolute Gasteiger partial charge is 0.508 e. The van der Waals surface area contributed by atoms with E-state index in [1.807, 2.05) is 0 Å². The molecule has 0 saturated carbocycles. The van der Waals surface area contributed by atoms with Crippen molar-refractivity contribution in [3.8, 4) is 5.75 Å². The third-order valence-corrected chi connectivity index (χ3v) is 4.53. The van der Waals surface area contributed by atoms with Crippen molar-refractivity contribution in [3.63, 3.8) is 0 Å². The molecule has 1 aromatic rings. The second kappa shape index (κ2) is 11.9. The third-order valence-electron chi connectivity index (χ3n) is 4.53. The van der Waals surface area contributed by atoms with E-state index >= 15 is 0 Å². The van der Waals surface area contributed by atoms with Gasteiger partial charge >= 0.3 is 5.97 Å². The number of hydrogen-bond acceptors (Lipinski definition) is 7. The lowest BCUT2D eigenvalue weighted by molar-refractivity contribution is -0.143. The highest BCUT2D eigenvalue weighted by atomic mass is 16.4. The van der Waals surface area contributed by atoms with Gasteiger partial charge < -0.3 is 37.0 Å². The molecule has 0 saturated heterocycles. The number of phenolic OH excluding ortho intramolecular Hbond substituents is 1. The number of carboxylic acids is 1. The maximum atomic E-state index is 12.3. The van der Waals surface area contributed by atoms with Gasteiger partial charge in [-0.1, -0.05) is 26.0 Å². The molecular formula is C20H30N4O7. The highest BCUT2D eigenvalue weighted by Gasteiger charge is 2.29. The zero-order valence-electron chi connectivity index (χ0n) is 17.7. The number of phenols is 1. The van der Waals surface area contributed by atoms with Crippen LogP contribution in [-0.2, 0) is 25.6 Å².